The summed E-state index contributed by atoms with van der Waals surface area (Å²) < 4.78 is 11.7. The molecule has 2 aromatic rings. The third-order valence-corrected chi connectivity index (χ3v) is 8.16. The van der Waals surface area contributed by atoms with Gasteiger partial charge in [-0.05, 0) is 59.8 Å². The van der Waals surface area contributed by atoms with Gasteiger partial charge in [0.05, 0.1) is 19.3 Å². The van der Waals surface area contributed by atoms with Crippen LogP contribution in [0.1, 0.15) is 63.5 Å². The normalized spacial score (nSPS) is 33.5. The van der Waals surface area contributed by atoms with Crippen molar-refractivity contribution in [3.05, 3.63) is 59.7 Å². The molecule has 3 heteroatoms. The molecule has 2 aromatic carbocycles. The molecular formula is C28H38NO2+. The average molecular weight is 421 g/mol. The number of methoxy groups -OCH3 is 1. The van der Waals surface area contributed by atoms with Gasteiger partial charge in [-0.25, -0.2) is 0 Å². The molecule has 4 aliphatic carbocycles. The van der Waals surface area contributed by atoms with E-state index in [-0.39, 0.29) is 0 Å². The Kier molecular flexibility index (Phi) is 5.29. The summed E-state index contributed by atoms with van der Waals surface area (Å²) in [5, 5.41) is 2.68. The molecular weight excluding hydrogens is 382 g/mol. The molecule has 4 bridgehead atoms. The highest BCUT2D eigenvalue weighted by Gasteiger charge is 2.62. The molecule has 4 saturated carbocycles. The van der Waals surface area contributed by atoms with Crippen LogP contribution in [0.2, 0.25) is 0 Å². The maximum atomic E-state index is 6.06. The van der Waals surface area contributed by atoms with Crippen LogP contribution in [-0.2, 0) is 13.0 Å². The fourth-order valence-corrected chi connectivity index (χ4v) is 7.98. The van der Waals surface area contributed by atoms with Crippen LogP contribution >= 0.6 is 0 Å². The summed E-state index contributed by atoms with van der Waals surface area (Å²) >= 11 is 0. The first kappa shape index (κ1) is 20.9. The van der Waals surface area contributed by atoms with Gasteiger partial charge in [0, 0.05) is 31.2 Å². The summed E-state index contributed by atoms with van der Waals surface area (Å²) in [5.74, 6) is 2.64. The van der Waals surface area contributed by atoms with Crippen molar-refractivity contribution in [2.45, 2.75) is 70.9 Å². The zero-order chi connectivity index (χ0) is 21.5. The Bertz CT molecular complexity index is 906. The van der Waals surface area contributed by atoms with Crippen LogP contribution in [0, 0.1) is 16.7 Å². The Morgan fingerprint density at radius 3 is 2.29 bits per heavy atom. The first-order valence-electron chi connectivity index (χ1n) is 12.1. The molecule has 4 fully saturated rings. The van der Waals surface area contributed by atoms with Gasteiger partial charge in [-0.15, -0.1) is 0 Å². The lowest BCUT2D eigenvalue weighted by Gasteiger charge is -2.63. The van der Waals surface area contributed by atoms with E-state index >= 15 is 0 Å². The number of hydrogen-bond donors (Lipinski definition) is 1. The summed E-state index contributed by atoms with van der Waals surface area (Å²) in [6, 6.07) is 17.0. The van der Waals surface area contributed by atoms with Gasteiger partial charge in [0.15, 0.2) is 11.5 Å². The van der Waals surface area contributed by atoms with Crippen molar-refractivity contribution in [3.63, 3.8) is 0 Å². The lowest BCUT2D eigenvalue weighted by atomic mass is 9.43. The van der Waals surface area contributed by atoms with Crippen LogP contribution in [0.25, 0.3) is 0 Å². The smallest absolute Gasteiger partial charge is 0.161 e. The van der Waals surface area contributed by atoms with E-state index in [2.05, 4.69) is 61.6 Å². The van der Waals surface area contributed by atoms with Gasteiger partial charge in [-0.2, -0.15) is 0 Å². The molecule has 2 unspecified atom stereocenters. The molecule has 0 radical (unpaired) electrons. The Morgan fingerprint density at radius 2 is 1.61 bits per heavy atom. The average Bonchev–Trinajstić information content (AvgIpc) is 2.71. The lowest BCUT2D eigenvalue weighted by Crippen LogP contribution is -2.98. The number of hydrogen-bond acceptors (Lipinski definition) is 2. The van der Waals surface area contributed by atoms with Gasteiger partial charge in [0.2, 0.25) is 0 Å². The molecule has 4 aliphatic rings. The zero-order valence-electron chi connectivity index (χ0n) is 19.5. The molecule has 0 aliphatic heterocycles. The third kappa shape index (κ3) is 4.35. The number of rotatable bonds is 8. The second kappa shape index (κ2) is 7.85. The van der Waals surface area contributed by atoms with Crippen molar-refractivity contribution in [1.29, 1.82) is 0 Å². The predicted molar refractivity (Wildman–Crippen MR) is 124 cm³/mol. The first-order chi connectivity index (χ1) is 14.9. The summed E-state index contributed by atoms with van der Waals surface area (Å²) in [6.07, 6.45) is 9.46. The fourth-order valence-electron chi connectivity index (χ4n) is 7.98. The summed E-state index contributed by atoms with van der Waals surface area (Å²) in [6.45, 7) is 6.80. The largest absolute Gasteiger partial charge is 0.493 e. The number of quaternary nitrogens is 1. The van der Waals surface area contributed by atoms with E-state index < -0.39 is 0 Å². The van der Waals surface area contributed by atoms with Crippen molar-refractivity contribution in [2.75, 3.05) is 13.7 Å². The molecule has 31 heavy (non-hydrogen) atoms. The summed E-state index contributed by atoms with van der Waals surface area (Å²) in [5.41, 5.74) is 4.21. The molecule has 4 atom stereocenters. The van der Waals surface area contributed by atoms with Crippen LogP contribution in [0.15, 0.2) is 48.5 Å². The van der Waals surface area contributed by atoms with E-state index in [1.165, 1.54) is 49.7 Å². The second-order valence-electron chi connectivity index (χ2n) is 11.5. The van der Waals surface area contributed by atoms with E-state index in [9.17, 15) is 0 Å². The highest BCUT2D eigenvalue weighted by atomic mass is 16.5. The van der Waals surface area contributed by atoms with Gasteiger partial charge < -0.3 is 14.8 Å². The Hall–Kier alpha value is -2.00. The minimum Gasteiger partial charge on any atom is -0.493 e. The summed E-state index contributed by atoms with van der Waals surface area (Å²) in [7, 11) is 1.74. The monoisotopic (exact) mass is 420 g/mol. The van der Waals surface area contributed by atoms with Crippen LogP contribution < -0.4 is 14.8 Å². The lowest BCUT2D eigenvalue weighted by molar-refractivity contribution is -0.755. The number of benzene rings is 2. The van der Waals surface area contributed by atoms with Crippen molar-refractivity contribution >= 4 is 0 Å². The molecule has 0 spiro atoms. The second-order valence-corrected chi connectivity index (χ2v) is 11.5. The quantitative estimate of drug-likeness (QED) is 0.643. The van der Waals surface area contributed by atoms with Gasteiger partial charge >= 0.3 is 0 Å². The van der Waals surface area contributed by atoms with Gasteiger partial charge in [-0.3, -0.25) is 0 Å². The van der Waals surface area contributed by atoms with Gasteiger partial charge in [-0.1, -0.05) is 44.2 Å². The predicted octanol–water partition coefficient (Wildman–Crippen LogP) is 5.13. The number of nitrogens with two attached hydrogens (primary N) is 1. The van der Waals surface area contributed by atoms with E-state index in [1.54, 1.807) is 7.11 Å². The maximum absolute atomic E-state index is 6.06. The third-order valence-electron chi connectivity index (χ3n) is 8.16. The van der Waals surface area contributed by atoms with Gasteiger partial charge in [0.1, 0.15) is 6.54 Å². The standard InChI is InChI=1S/C28H37NO2/c1-26-14-23-15-27(2,18-26)20-28(16-23,19-26)29-17-22-9-10-24(25(13-22)30-3)31-12-11-21-7-5-4-6-8-21/h4-10,13,23,29H,11-12,14-20H2,1-3H3/p+1/t23?,26-,27+,28?. The molecule has 2 N–H and O–H groups in total. The zero-order valence-corrected chi connectivity index (χ0v) is 19.5. The molecule has 6 rings (SSSR count). The molecule has 166 valence electrons. The van der Waals surface area contributed by atoms with E-state index in [0.717, 1.165) is 30.4 Å². The minimum atomic E-state index is 0.445. The van der Waals surface area contributed by atoms with Crippen molar-refractivity contribution < 1.29 is 14.8 Å². The highest BCUT2D eigenvalue weighted by Crippen LogP contribution is 2.65. The molecule has 3 nitrogen and oxygen atoms in total. The van der Waals surface area contributed by atoms with Crippen molar-refractivity contribution in [1.82, 2.24) is 0 Å². The SMILES string of the molecule is COc1cc(C[NH2+]C23CC4C[C@@](C)(C2)C[C@](C)(C4)C3)ccc1OCCc1ccccc1. The molecule has 0 saturated heterocycles. The summed E-state index contributed by atoms with van der Waals surface area (Å²) in [4.78, 5) is 0. The van der Waals surface area contributed by atoms with Gasteiger partial charge in [0.25, 0.3) is 0 Å². The van der Waals surface area contributed by atoms with Crippen LogP contribution in [0.5, 0.6) is 11.5 Å². The highest BCUT2D eigenvalue weighted by molar-refractivity contribution is 5.42. The van der Waals surface area contributed by atoms with Crippen molar-refractivity contribution in [3.8, 4) is 11.5 Å². The van der Waals surface area contributed by atoms with E-state index in [1.807, 2.05) is 6.07 Å². The Balaban J connectivity index is 1.22. The fraction of sp³-hybridized carbons (Fsp3) is 0.571. The van der Waals surface area contributed by atoms with Crippen molar-refractivity contribution in [2.24, 2.45) is 16.7 Å². The molecule has 0 aromatic heterocycles. The van der Waals surface area contributed by atoms with Crippen LogP contribution in [-0.4, -0.2) is 19.3 Å². The first-order valence-corrected chi connectivity index (χ1v) is 12.1. The van der Waals surface area contributed by atoms with Crippen LogP contribution in [0.3, 0.4) is 0 Å². The van der Waals surface area contributed by atoms with Crippen LogP contribution in [0.4, 0.5) is 0 Å². The van der Waals surface area contributed by atoms with E-state index in [4.69, 9.17) is 9.47 Å². The molecule has 0 heterocycles. The molecule has 0 amide bonds. The topological polar surface area (TPSA) is 35.1 Å². The maximum Gasteiger partial charge on any atom is 0.161 e. The minimum absolute atomic E-state index is 0.445. The Morgan fingerprint density at radius 1 is 0.871 bits per heavy atom. The Labute approximate surface area is 187 Å². The number of ether oxygens (including phenoxy) is 2. The van der Waals surface area contributed by atoms with E-state index in [0.29, 0.717) is 23.0 Å².